The van der Waals surface area contributed by atoms with Crippen LogP contribution in [0.2, 0.25) is 0 Å². The highest BCUT2D eigenvalue weighted by Crippen LogP contribution is 2.75. The van der Waals surface area contributed by atoms with Crippen molar-refractivity contribution in [3.8, 4) is 17.1 Å². The highest BCUT2D eigenvalue weighted by molar-refractivity contribution is 6.17. The number of hydrogen-bond donors (Lipinski definition) is 0. The van der Waals surface area contributed by atoms with E-state index in [1.165, 1.54) is 30.9 Å². The zero-order chi connectivity index (χ0) is 22.3. The lowest BCUT2D eigenvalue weighted by atomic mass is 9.94. The van der Waals surface area contributed by atoms with Crippen molar-refractivity contribution in [3.63, 3.8) is 0 Å². The lowest BCUT2D eigenvalue weighted by molar-refractivity contribution is -0.385. The van der Waals surface area contributed by atoms with Crippen LogP contribution < -0.4 is 0 Å². The number of rotatable bonds is 4. The van der Waals surface area contributed by atoms with Crippen LogP contribution in [0.3, 0.4) is 0 Å². The highest BCUT2D eigenvalue weighted by atomic mass is 16.6. The fourth-order valence-electron chi connectivity index (χ4n) is 5.26. The summed E-state index contributed by atoms with van der Waals surface area (Å²) in [6.07, 6.45) is 7.25. The minimum atomic E-state index is -0.338. The number of aliphatic imine (C=N–C) groups is 1. The van der Waals surface area contributed by atoms with Crippen LogP contribution in [0.1, 0.15) is 48.2 Å². The van der Waals surface area contributed by atoms with Gasteiger partial charge in [-0.2, -0.15) is 0 Å². The van der Waals surface area contributed by atoms with Gasteiger partial charge >= 0.3 is 0 Å². The summed E-state index contributed by atoms with van der Waals surface area (Å²) in [5.41, 5.74) is 6.14. The average molecular weight is 437 g/mol. The third kappa shape index (κ3) is 2.54. The van der Waals surface area contributed by atoms with E-state index in [2.05, 4.69) is 28.2 Å². The van der Waals surface area contributed by atoms with Gasteiger partial charge in [-0.25, -0.2) is 9.97 Å². The quantitative estimate of drug-likeness (QED) is 0.330. The Balaban J connectivity index is 1.51. The minimum Gasteiger partial charge on any atom is -0.442 e. The summed E-state index contributed by atoms with van der Waals surface area (Å²) in [7, 11) is 0. The van der Waals surface area contributed by atoms with E-state index >= 15 is 0 Å². The third-order valence-electron chi connectivity index (χ3n) is 7.31. The van der Waals surface area contributed by atoms with Crippen LogP contribution in [0.4, 0.5) is 5.69 Å². The van der Waals surface area contributed by atoms with Gasteiger partial charge in [0.15, 0.2) is 12.2 Å². The van der Waals surface area contributed by atoms with E-state index in [1.807, 2.05) is 17.6 Å². The number of benzene rings is 2. The Bertz CT molecular complexity index is 1480. The molecule has 0 radical (unpaired) electrons. The van der Waals surface area contributed by atoms with Crippen LogP contribution in [0.15, 0.2) is 70.8 Å². The molecule has 3 aliphatic rings. The number of fused-ring (bicyclic) bond motifs is 4. The van der Waals surface area contributed by atoms with Crippen LogP contribution in [0.5, 0.6) is 0 Å². The Morgan fingerprint density at radius 1 is 1.18 bits per heavy atom. The van der Waals surface area contributed by atoms with Gasteiger partial charge < -0.3 is 4.42 Å². The molecule has 3 heterocycles. The molecule has 8 nitrogen and oxygen atoms in total. The number of aromatic nitrogens is 3. The molecule has 0 N–H and O–H groups in total. The van der Waals surface area contributed by atoms with Crippen molar-refractivity contribution in [1.29, 1.82) is 0 Å². The first-order valence-electron chi connectivity index (χ1n) is 11.0. The van der Waals surface area contributed by atoms with Gasteiger partial charge in [0.05, 0.1) is 39.8 Å². The molecule has 2 aromatic carbocycles. The summed E-state index contributed by atoms with van der Waals surface area (Å²) < 4.78 is 7.57. The summed E-state index contributed by atoms with van der Waals surface area (Å²) in [4.78, 5) is 25.3. The van der Waals surface area contributed by atoms with Crippen molar-refractivity contribution in [1.82, 2.24) is 14.5 Å². The Labute approximate surface area is 188 Å². The van der Waals surface area contributed by atoms with E-state index in [0.29, 0.717) is 28.1 Å². The van der Waals surface area contributed by atoms with Crippen LogP contribution in [0, 0.1) is 16.0 Å². The Morgan fingerprint density at radius 3 is 2.73 bits per heavy atom. The van der Waals surface area contributed by atoms with Crippen molar-refractivity contribution in [3.05, 3.63) is 93.9 Å². The topological polar surface area (TPSA) is 99.3 Å². The monoisotopic (exact) mass is 437 g/mol. The lowest BCUT2D eigenvalue weighted by Crippen LogP contribution is -2.11. The van der Waals surface area contributed by atoms with Crippen LogP contribution >= 0.6 is 0 Å². The Kier molecular flexibility index (Phi) is 3.50. The zero-order valence-electron chi connectivity index (χ0n) is 17.8. The van der Waals surface area contributed by atoms with Gasteiger partial charge in [-0.05, 0) is 54.9 Å². The van der Waals surface area contributed by atoms with Gasteiger partial charge in [-0.15, -0.1) is 0 Å². The van der Waals surface area contributed by atoms with E-state index in [4.69, 9.17) is 9.41 Å². The molecule has 0 spiro atoms. The van der Waals surface area contributed by atoms with Gasteiger partial charge in [0.25, 0.3) is 5.69 Å². The molecule has 2 fully saturated rings. The third-order valence-corrected chi connectivity index (χ3v) is 7.31. The van der Waals surface area contributed by atoms with Crippen molar-refractivity contribution in [2.45, 2.75) is 31.2 Å². The Morgan fingerprint density at radius 2 is 2.00 bits per heavy atom. The molecule has 1 atom stereocenters. The summed E-state index contributed by atoms with van der Waals surface area (Å²) in [6.45, 7) is 1.98. The predicted molar refractivity (Wildman–Crippen MR) is 121 cm³/mol. The standard InChI is InChI=1S/C25H19N5O3/c1-14-24-23(21-11-26-13-33-21)27-12-29(24)19-7-6-15(25-9-16(25)10-25)8-18(19)22(28-14)17-4-2-3-5-20(17)30(31)32/h2-8,11-14,16H,9-10H2,1H3/t14-,16?,25?/m0/s1. The van der Waals surface area contributed by atoms with E-state index in [1.54, 1.807) is 24.7 Å². The summed E-state index contributed by atoms with van der Waals surface area (Å²) in [5, 5.41) is 11.9. The minimum absolute atomic E-state index is 0.0499. The number of nitrogens with zero attached hydrogens (tertiary/aromatic N) is 5. The predicted octanol–water partition coefficient (Wildman–Crippen LogP) is 5.01. The molecule has 2 aromatic heterocycles. The van der Waals surface area contributed by atoms with Gasteiger partial charge in [0.1, 0.15) is 12.0 Å². The van der Waals surface area contributed by atoms with Gasteiger partial charge in [-0.1, -0.05) is 18.2 Å². The largest absolute Gasteiger partial charge is 0.442 e. The molecule has 4 aromatic rings. The molecule has 0 unspecified atom stereocenters. The summed E-state index contributed by atoms with van der Waals surface area (Å²) >= 11 is 0. The molecule has 33 heavy (non-hydrogen) atoms. The summed E-state index contributed by atoms with van der Waals surface area (Å²) in [6, 6.07) is 13.0. The molecule has 2 saturated carbocycles. The van der Waals surface area contributed by atoms with Crippen molar-refractivity contribution < 1.29 is 9.34 Å². The normalized spacial score (nSPS) is 24.2. The molecular formula is C25H19N5O3. The van der Waals surface area contributed by atoms with E-state index in [0.717, 1.165) is 22.9 Å². The number of oxazole rings is 1. The SMILES string of the molecule is C[C@@H]1N=C(c2ccccc2[N+](=O)[O-])c2cc(C34CC3C4)ccc2-n2cnc(-c3cnco3)c21. The van der Waals surface area contributed by atoms with Crippen molar-refractivity contribution in [2.75, 3.05) is 0 Å². The van der Waals surface area contributed by atoms with Gasteiger partial charge in [-0.3, -0.25) is 19.7 Å². The number of nitro benzene ring substituents is 1. The maximum Gasteiger partial charge on any atom is 0.278 e. The highest BCUT2D eigenvalue weighted by Gasteiger charge is 2.70. The maximum atomic E-state index is 11.9. The van der Waals surface area contributed by atoms with E-state index in [-0.39, 0.29) is 16.7 Å². The first-order chi connectivity index (χ1) is 16.1. The summed E-state index contributed by atoms with van der Waals surface area (Å²) in [5.74, 6) is 1.35. The second-order valence-electron chi connectivity index (χ2n) is 9.14. The van der Waals surface area contributed by atoms with Crippen molar-refractivity contribution in [2.24, 2.45) is 10.9 Å². The molecule has 1 aliphatic heterocycles. The molecule has 162 valence electrons. The number of nitro groups is 1. The molecule has 0 amide bonds. The van der Waals surface area contributed by atoms with Gasteiger partial charge in [0.2, 0.25) is 0 Å². The molecule has 2 aliphatic carbocycles. The molecular weight excluding hydrogens is 418 g/mol. The van der Waals surface area contributed by atoms with Crippen LogP contribution in [-0.4, -0.2) is 25.2 Å². The number of para-hydroxylation sites is 1. The number of imidazole rings is 1. The first-order valence-corrected chi connectivity index (χ1v) is 11.0. The zero-order valence-corrected chi connectivity index (χ0v) is 17.8. The van der Waals surface area contributed by atoms with Crippen LogP contribution in [-0.2, 0) is 5.41 Å². The smallest absolute Gasteiger partial charge is 0.278 e. The van der Waals surface area contributed by atoms with E-state index in [9.17, 15) is 10.1 Å². The first kappa shape index (κ1) is 18.5. The fraction of sp³-hybridized carbons (Fsp3) is 0.240. The van der Waals surface area contributed by atoms with Crippen molar-refractivity contribution >= 4 is 11.4 Å². The second kappa shape index (κ2) is 6.25. The molecule has 7 rings (SSSR count). The van der Waals surface area contributed by atoms with E-state index < -0.39 is 0 Å². The maximum absolute atomic E-state index is 11.9. The molecule has 8 heteroatoms. The fourth-order valence-corrected chi connectivity index (χ4v) is 5.26. The average Bonchev–Trinajstić information content (AvgIpc) is 3.52. The Hall–Kier alpha value is -4.07. The van der Waals surface area contributed by atoms with Crippen LogP contribution in [0.25, 0.3) is 17.1 Å². The molecule has 0 saturated heterocycles. The van der Waals surface area contributed by atoms with Gasteiger partial charge in [0, 0.05) is 11.6 Å². The second-order valence-corrected chi connectivity index (χ2v) is 9.14. The lowest BCUT2D eigenvalue weighted by Gasteiger charge is -2.15. The number of hydrogen-bond acceptors (Lipinski definition) is 6. The molecule has 0 bridgehead atoms.